The van der Waals surface area contributed by atoms with E-state index in [0.717, 1.165) is 19.5 Å². The Balaban J connectivity index is 0.000000845. The quantitative estimate of drug-likeness (QED) is 0.539. The SMILES string of the molecule is Cl.O=C1CCC2(CCNC2)C(=O)N1. The van der Waals surface area contributed by atoms with Crippen molar-refractivity contribution in [3.05, 3.63) is 0 Å². The van der Waals surface area contributed by atoms with Crippen molar-refractivity contribution in [2.24, 2.45) is 5.41 Å². The maximum Gasteiger partial charge on any atom is 0.234 e. The molecule has 0 aromatic rings. The monoisotopic (exact) mass is 204 g/mol. The van der Waals surface area contributed by atoms with Crippen LogP contribution in [0.2, 0.25) is 0 Å². The summed E-state index contributed by atoms with van der Waals surface area (Å²) in [5.41, 5.74) is -0.270. The summed E-state index contributed by atoms with van der Waals surface area (Å²) in [5, 5.41) is 5.55. The summed E-state index contributed by atoms with van der Waals surface area (Å²) in [7, 11) is 0. The molecular formula is C8H13ClN2O2. The summed E-state index contributed by atoms with van der Waals surface area (Å²) in [6.45, 7) is 1.62. The number of hydrogen-bond donors (Lipinski definition) is 2. The Morgan fingerprint density at radius 3 is 2.54 bits per heavy atom. The lowest BCUT2D eigenvalue weighted by Crippen LogP contribution is -2.49. The minimum Gasteiger partial charge on any atom is -0.316 e. The van der Waals surface area contributed by atoms with Crippen LogP contribution < -0.4 is 10.6 Å². The number of halogens is 1. The van der Waals surface area contributed by atoms with Gasteiger partial charge in [-0.05, 0) is 19.4 Å². The van der Waals surface area contributed by atoms with Crippen LogP contribution in [0, 0.1) is 5.41 Å². The van der Waals surface area contributed by atoms with Crippen molar-refractivity contribution in [3.8, 4) is 0 Å². The number of hydrogen-bond acceptors (Lipinski definition) is 3. The average molecular weight is 205 g/mol. The van der Waals surface area contributed by atoms with Crippen LogP contribution in [-0.4, -0.2) is 24.9 Å². The molecule has 2 saturated heterocycles. The van der Waals surface area contributed by atoms with Gasteiger partial charge in [0.15, 0.2) is 0 Å². The fraction of sp³-hybridized carbons (Fsp3) is 0.750. The number of carbonyl (C=O) groups is 2. The van der Waals surface area contributed by atoms with Crippen molar-refractivity contribution >= 4 is 24.2 Å². The molecule has 13 heavy (non-hydrogen) atoms. The van der Waals surface area contributed by atoms with E-state index in [0.29, 0.717) is 12.8 Å². The van der Waals surface area contributed by atoms with Gasteiger partial charge in [-0.15, -0.1) is 12.4 Å². The largest absolute Gasteiger partial charge is 0.316 e. The van der Waals surface area contributed by atoms with Crippen molar-refractivity contribution in [2.45, 2.75) is 19.3 Å². The molecule has 2 fully saturated rings. The Labute approximate surface area is 82.9 Å². The van der Waals surface area contributed by atoms with Crippen LogP contribution in [0.5, 0.6) is 0 Å². The number of piperidine rings is 1. The molecule has 4 nitrogen and oxygen atoms in total. The van der Waals surface area contributed by atoms with Crippen molar-refractivity contribution in [1.82, 2.24) is 10.6 Å². The predicted octanol–water partition coefficient (Wildman–Crippen LogP) is -0.176. The number of nitrogens with one attached hydrogen (secondary N) is 2. The summed E-state index contributed by atoms with van der Waals surface area (Å²) in [6.07, 6.45) is 2.07. The highest BCUT2D eigenvalue weighted by Crippen LogP contribution is 2.33. The molecule has 2 aliphatic rings. The normalized spacial score (nSPS) is 32.9. The lowest BCUT2D eigenvalue weighted by molar-refractivity contribution is -0.140. The zero-order valence-electron chi connectivity index (χ0n) is 7.26. The van der Waals surface area contributed by atoms with Crippen LogP contribution in [0.4, 0.5) is 0 Å². The highest BCUT2D eigenvalue weighted by Gasteiger charge is 2.44. The van der Waals surface area contributed by atoms with E-state index >= 15 is 0 Å². The lowest BCUT2D eigenvalue weighted by atomic mass is 9.79. The van der Waals surface area contributed by atoms with E-state index in [9.17, 15) is 9.59 Å². The van der Waals surface area contributed by atoms with Crippen LogP contribution >= 0.6 is 12.4 Å². The molecule has 0 bridgehead atoms. The van der Waals surface area contributed by atoms with Crippen molar-refractivity contribution in [1.29, 1.82) is 0 Å². The molecule has 1 spiro atoms. The molecular weight excluding hydrogens is 192 g/mol. The zero-order chi connectivity index (χ0) is 8.60. The second-order valence-corrected chi connectivity index (χ2v) is 3.58. The van der Waals surface area contributed by atoms with Gasteiger partial charge in [-0.25, -0.2) is 0 Å². The summed E-state index contributed by atoms with van der Waals surface area (Å²) in [6, 6.07) is 0. The standard InChI is InChI=1S/C8H12N2O2.ClH/c11-6-1-2-8(7(12)10-6)3-4-9-5-8;/h9H,1-5H2,(H,10,11,12);1H. The first-order valence-electron chi connectivity index (χ1n) is 4.28. The van der Waals surface area contributed by atoms with E-state index in [2.05, 4.69) is 10.6 Å². The highest BCUT2D eigenvalue weighted by atomic mass is 35.5. The Morgan fingerprint density at radius 2 is 2.00 bits per heavy atom. The third-order valence-electron chi connectivity index (χ3n) is 2.81. The molecule has 2 aliphatic heterocycles. The van der Waals surface area contributed by atoms with Crippen LogP contribution in [0.15, 0.2) is 0 Å². The fourth-order valence-corrected chi connectivity index (χ4v) is 1.94. The molecule has 5 heteroatoms. The van der Waals surface area contributed by atoms with Gasteiger partial charge >= 0.3 is 0 Å². The molecule has 0 aromatic heterocycles. The molecule has 0 aromatic carbocycles. The van der Waals surface area contributed by atoms with Gasteiger partial charge in [0.2, 0.25) is 11.8 Å². The van der Waals surface area contributed by atoms with Crippen LogP contribution in [-0.2, 0) is 9.59 Å². The average Bonchev–Trinajstić information content (AvgIpc) is 2.48. The van der Waals surface area contributed by atoms with Gasteiger partial charge in [-0.2, -0.15) is 0 Å². The van der Waals surface area contributed by atoms with Gasteiger partial charge in [-0.3, -0.25) is 14.9 Å². The number of carbonyl (C=O) groups excluding carboxylic acids is 2. The second kappa shape index (κ2) is 3.64. The third kappa shape index (κ3) is 1.69. The lowest BCUT2D eigenvalue weighted by Gasteiger charge is -2.30. The molecule has 2 heterocycles. The van der Waals surface area contributed by atoms with Crippen molar-refractivity contribution in [3.63, 3.8) is 0 Å². The third-order valence-corrected chi connectivity index (χ3v) is 2.81. The number of rotatable bonds is 0. The van der Waals surface area contributed by atoms with Gasteiger partial charge in [0.25, 0.3) is 0 Å². The maximum absolute atomic E-state index is 11.5. The molecule has 1 unspecified atom stereocenters. The van der Waals surface area contributed by atoms with Gasteiger partial charge in [0.1, 0.15) is 0 Å². The Morgan fingerprint density at radius 1 is 1.23 bits per heavy atom. The topological polar surface area (TPSA) is 58.2 Å². The van der Waals surface area contributed by atoms with Crippen molar-refractivity contribution < 1.29 is 9.59 Å². The molecule has 2 amide bonds. The Hall–Kier alpha value is -0.610. The van der Waals surface area contributed by atoms with E-state index in [1.165, 1.54) is 0 Å². The summed E-state index contributed by atoms with van der Waals surface area (Å²) < 4.78 is 0. The number of imide groups is 1. The molecule has 74 valence electrons. The van der Waals surface area contributed by atoms with Crippen LogP contribution in [0.1, 0.15) is 19.3 Å². The van der Waals surface area contributed by atoms with E-state index in [-0.39, 0.29) is 29.6 Å². The van der Waals surface area contributed by atoms with E-state index < -0.39 is 0 Å². The number of amides is 2. The summed E-state index contributed by atoms with van der Waals surface area (Å²) in [5.74, 6) is -0.207. The van der Waals surface area contributed by atoms with Gasteiger partial charge in [0.05, 0.1) is 5.41 Å². The van der Waals surface area contributed by atoms with E-state index in [1.54, 1.807) is 0 Å². The van der Waals surface area contributed by atoms with Crippen LogP contribution in [0.3, 0.4) is 0 Å². The molecule has 1 atom stereocenters. The second-order valence-electron chi connectivity index (χ2n) is 3.58. The first-order chi connectivity index (χ1) is 5.73. The molecule has 0 saturated carbocycles. The smallest absolute Gasteiger partial charge is 0.234 e. The zero-order valence-corrected chi connectivity index (χ0v) is 8.08. The summed E-state index contributed by atoms with van der Waals surface area (Å²) >= 11 is 0. The van der Waals surface area contributed by atoms with E-state index in [1.807, 2.05) is 0 Å². The predicted molar refractivity (Wildman–Crippen MR) is 49.6 cm³/mol. The van der Waals surface area contributed by atoms with Gasteiger partial charge in [-0.1, -0.05) is 0 Å². The Kier molecular flexibility index (Phi) is 2.93. The van der Waals surface area contributed by atoms with E-state index in [4.69, 9.17) is 0 Å². The fourth-order valence-electron chi connectivity index (χ4n) is 1.94. The first-order valence-corrected chi connectivity index (χ1v) is 4.28. The minimum absolute atomic E-state index is 0. The van der Waals surface area contributed by atoms with Gasteiger partial charge < -0.3 is 5.32 Å². The molecule has 0 radical (unpaired) electrons. The minimum atomic E-state index is -0.270. The van der Waals surface area contributed by atoms with Gasteiger partial charge in [0, 0.05) is 13.0 Å². The van der Waals surface area contributed by atoms with Crippen molar-refractivity contribution in [2.75, 3.05) is 13.1 Å². The first kappa shape index (κ1) is 10.5. The molecule has 2 N–H and O–H groups in total. The highest BCUT2D eigenvalue weighted by molar-refractivity contribution is 6.00. The Bertz CT molecular complexity index is 236. The molecule has 2 rings (SSSR count). The maximum atomic E-state index is 11.5. The summed E-state index contributed by atoms with van der Waals surface area (Å²) in [4.78, 5) is 22.3. The molecule has 0 aliphatic carbocycles. The van der Waals surface area contributed by atoms with Crippen LogP contribution in [0.25, 0.3) is 0 Å².